The molecule has 0 heterocycles. The summed E-state index contributed by atoms with van der Waals surface area (Å²) < 4.78 is 37.6. The summed E-state index contributed by atoms with van der Waals surface area (Å²) in [5, 5.41) is 22.3. The van der Waals surface area contributed by atoms with Crippen molar-refractivity contribution in [3.05, 3.63) is 0 Å². The molecule has 10 heteroatoms. The van der Waals surface area contributed by atoms with E-state index in [1.54, 1.807) is 0 Å². The van der Waals surface area contributed by atoms with Gasteiger partial charge in [-0.2, -0.15) is 0 Å². The van der Waals surface area contributed by atoms with Crippen molar-refractivity contribution < 1.29 is 47.6 Å². The molecule has 0 saturated carbocycles. The molecule has 0 aromatic rings. The van der Waals surface area contributed by atoms with Crippen molar-refractivity contribution in [2.24, 2.45) is 0 Å². The Labute approximate surface area is 449 Å². The number of quaternary nitrogens is 2. The Morgan fingerprint density at radius 2 is 0.528 bits per heavy atom. The number of hydrogen-bond donors (Lipinski definition) is 2. The highest BCUT2D eigenvalue weighted by molar-refractivity contribution is 4.72. The first-order valence-electron chi connectivity index (χ1n) is 31.6. The molecule has 0 fully saturated rings. The van der Waals surface area contributed by atoms with Crippen LogP contribution < -0.4 is 0 Å². The van der Waals surface area contributed by atoms with Gasteiger partial charge in [0.05, 0.1) is 79.0 Å². The van der Waals surface area contributed by atoms with Gasteiger partial charge in [0.25, 0.3) is 0 Å². The molecule has 10 nitrogen and oxygen atoms in total. The molecule has 0 amide bonds. The number of unbranched alkanes of at least 4 members (excludes halogenated alkanes) is 27. The lowest BCUT2D eigenvalue weighted by molar-refractivity contribution is -0.891. The van der Waals surface area contributed by atoms with Crippen LogP contribution in [0.2, 0.25) is 0 Å². The Hall–Kier alpha value is -0.400. The predicted octanol–water partition coefficient (Wildman–Crippen LogP) is 14.8. The highest BCUT2D eigenvalue weighted by Crippen LogP contribution is 2.20. The van der Waals surface area contributed by atoms with Crippen molar-refractivity contribution in [2.75, 3.05) is 120 Å². The van der Waals surface area contributed by atoms with Crippen molar-refractivity contribution in [3.8, 4) is 0 Å². The van der Waals surface area contributed by atoms with E-state index in [1.165, 1.54) is 180 Å². The molecule has 0 radical (unpaired) electrons. The summed E-state index contributed by atoms with van der Waals surface area (Å²) in [6, 6.07) is 0. The third kappa shape index (κ3) is 50.4. The Kier molecular flexibility index (Phi) is 53.7. The average Bonchev–Trinajstić information content (AvgIpc) is 3.35. The molecule has 0 aliphatic rings. The minimum absolute atomic E-state index is 0.0387. The minimum atomic E-state index is -0.356. The van der Waals surface area contributed by atoms with Crippen LogP contribution in [0.4, 0.5) is 0 Å². The molecule has 0 spiro atoms. The summed E-state index contributed by atoms with van der Waals surface area (Å²) in [5.74, 6) is 0. The van der Waals surface area contributed by atoms with Crippen LogP contribution in [0.5, 0.6) is 0 Å². The zero-order valence-corrected chi connectivity index (χ0v) is 49.9. The molecule has 0 rings (SSSR count). The van der Waals surface area contributed by atoms with Gasteiger partial charge in [-0.3, -0.25) is 0 Å². The zero-order chi connectivity index (χ0) is 52.9. The number of aliphatic hydroxyl groups excluding tert-OH is 2. The third-order valence-electron chi connectivity index (χ3n) is 15.1. The van der Waals surface area contributed by atoms with Crippen molar-refractivity contribution in [1.29, 1.82) is 0 Å². The Bertz CT molecular complexity index is 973. The smallest absolute Gasteiger partial charge is 0.102 e. The Morgan fingerprint density at radius 1 is 0.278 bits per heavy atom. The molecular weight excluding hydrogens is 901 g/mol. The summed E-state index contributed by atoms with van der Waals surface area (Å²) in [6.45, 7) is 20.6. The van der Waals surface area contributed by atoms with E-state index in [0.29, 0.717) is 13.2 Å². The van der Waals surface area contributed by atoms with E-state index in [9.17, 15) is 10.2 Å². The van der Waals surface area contributed by atoms with Gasteiger partial charge in [-0.1, -0.05) is 194 Å². The lowest BCUT2D eigenvalue weighted by atomic mass is 9.99. The molecule has 0 aliphatic heterocycles. The average molecular weight is 1030 g/mol. The normalized spacial score (nSPS) is 14.1. The molecule has 0 bridgehead atoms. The van der Waals surface area contributed by atoms with Crippen LogP contribution in [0.25, 0.3) is 0 Å². The molecule has 0 aliphatic carbocycles. The predicted molar refractivity (Wildman–Crippen MR) is 307 cm³/mol. The molecule has 2 N–H and O–H groups in total. The van der Waals surface area contributed by atoms with E-state index < -0.39 is 0 Å². The maximum absolute atomic E-state index is 11.1. The van der Waals surface area contributed by atoms with E-state index in [-0.39, 0.29) is 24.4 Å². The van der Waals surface area contributed by atoms with Gasteiger partial charge in [-0.15, -0.1) is 0 Å². The number of ether oxygens (including phenoxy) is 6. The molecule has 0 saturated heterocycles. The second kappa shape index (κ2) is 54.0. The molecule has 0 aromatic heterocycles. The van der Waals surface area contributed by atoms with Gasteiger partial charge in [0.1, 0.15) is 26.2 Å². The van der Waals surface area contributed by atoms with Crippen LogP contribution in [0, 0.1) is 0 Å². The van der Waals surface area contributed by atoms with E-state index in [4.69, 9.17) is 28.4 Å². The molecule has 434 valence electrons. The zero-order valence-electron chi connectivity index (χ0n) is 49.9. The summed E-state index contributed by atoms with van der Waals surface area (Å²) in [7, 11) is 8.98. The lowest BCUT2D eigenvalue weighted by Gasteiger charge is -2.31. The Morgan fingerprint density at radius 3 is 0.819 bits per heavy atom. The van der Waals surface area contributed by atoms with E-state index in [0.717, 1.165) is 139 Å². The maximum Gasteiger partial charge on any atom is 0.102 e. The van der Waals surface area contributed by atoms with Crippen LogP contribution in [0.15, 0.2) is 0 Å². The van der Waals surface area contributed by atoms with Crippen LogP contribution >= 0.6 is 0 Å². The molecule has 4 atom stereocenters. The van der Waals surface area contributed by atoms with Gasteiger partial charge >= 0.3 is 0 Å². The van der Waals surface area contributed by atoms with Crippen molar-refractivity contribution >= 4 is 0 Å². The summed E-state index contributed by atoms with van der Waals surface area (Å²) in [4.78, 5) is 0. The maximum atomic E-state index is 11.1. The highest BCUT2D eigenvalue weighted by atomic mass is 16.5. The fourth-order valence-electron chi connectivity index (χ4n) is 9.64. The van der Waals surface area contributed by atoms with Gasteiger partial charge in [-0.25, -0.2) is 0 Å². The number of rotatable bonds is 61. The lowest BCUT2D eigenvalue weighted by Crippen LogP contribution is -2.45. The SMILES string of the molecule is CCCCCCCCC(OCC[N+](C)(C)CCOCC)C(O)CCCCCCCCOCCCCCCCCCCOCCCCCCCCC(O)C(CCCCCCCC)OCC[N+](C)(C)CCOCC. The standard InChI is InChI=1S/C62H130N2O8/c1-9-13-15-17-29-37-45-61(71-57-49-63(5,6)47-55-67-11-3)59(65)43-35-27-21-25-33-41-53-69-51-39-31-23-19-20-24-32-40-52-70-54-42-34-26-22-28-36-44-60(66)62(46-38-30-18-16-14-10-2)72-58-50-64(7,8)48-56-68-12-4/h59-62,65-66H,9-58H2,1-8H3/q+2. The quantitative estimate of drug-likeness (QED) is 0.0459. The monoisotopic (exact) mass is 1030 g/mol. The number of aliphatic hydroxyl groups is 2. The largest absolute Gasteiger partial charge is 0.390 e. The molecular formula is C62H130N2O8+2. The molecule has 72 heavy (non-hydrogen) atoms. The number of nitrogens with zero attached hydrogens (tertiary/aromatic N) is 2. The van der Waals surface area contributed by atoms with Gasteiger partial charge in [0, 0.05) is 39.6 Å². The highest BCUT2D eigenvalue weighted by Gasteiger charge is 2.23. The van der Waals surface area contributed by atoms with Gasteiger partial charge in [0.15, 0.2) is 0 Å². The fourth-order valence-corrected chi connectivity index (χ4v) is 9.64. The fraction of sp³-hybridized carbons (Fsp3) is 1.00. The Balaban J connectivity index is 3.81. The van der Waals surface area contributed by atoms with Crippen molar-refractivity contribution in [3.63, 3.8) is 0 Å². The number of hydrogen-bond acceptors (Lipinski definition) is 8. The van der Waals surface area contributed by atoms with Crippen LogP contribution in [-0.2, 0) is 28.4 Å². The van der Waals surface area contributed by atoms with Crippen LogP contribution in [0.1, 0.15) is 259 Å². The topological polar surface area (TPSA) is 95.8 Å². The first-order valence-corrected chi connectivity index (χ1v) is 31.6. The number of likely N-dealkylation sites (N-methyl/N-ethyl adjacent to an activating group) is 2. The first-order chi connectivity index (χ1) is 35.0. The molecule has 0 aromatic carbocycles. The van der Waals surface area contributed by atoms with Crippen molar-refractivity contribution in [1.82, 2.24) is 0 Å². The first kappa shape index (κ1) is 71.6. The van der Waals surface area contributed by atoms with Crippen LogP contribution in [0.3, 0.4) is 0 Å². The summed E-state index contributed by atoms with van der Waals surface area (Å²) >= 11 is 0. The van der Waals surface area contributed by atoms with E-state index in [2.05, 4.69) is 55.9 Å². The van der Waals surface area contributed by atoms with Gasteiger partial charge < -0.3 is 47.6 Å². The van der Waals surface area contributed by atoms with E-state index >= 15 is 0 Å². The second-order valence-electron chi connectivity index (χ2n) is 23.1. The minimum Gasteiger partial charge on any atom is -0.390 e. The van der Waals surface area contributed by atoms with Gasteiger partial charge in [0.2, 0.25) is 0 Å². The van der Waals surface area contributed by atoms with Crippen LogP contribution in [-0.4, -0.2) is 164 Å². The van der Waals surface area contributed by atoms with Crippen molar-refractivity contribution in [2.45, 2.75) is 283 Å². The molecule has 4 unspecified atom stereocenters. The van der Waals surface area contributed by atoms with E-state index in [1.807, 2.05) is 0 Å². The van der Waals surface area contributed by atoms with Gasteiger partial charge in [-0.05, 0) is 65.2 Å². The second-order valence-corrected chi connectivity index (χ2v) is 23.1. The third-order valence-corrected chi connectivity index (χ3v) is 15.1. The summed E-state index contributed by atoms with van der Waals surface area (Å²) in [6.07, 6.45) is 42.8. The summed E-state index contributed by atoms with van der Waals surface area (Å²) in [5.41, 5.74) is 0.